The first kappa shape index (κ1) is 11.4. The van der Waals surface area contributed by atoms with Crippen molar-refractivity contribution in [1.29, 1.82) is 0 Å². The fourth-order valence-corrected chi connectivity index (χ4v) is 2.15. The van der Waals surface area contributed by atoms with Crippen molar-refractivity contribution >= 4 is 39.3 Å². The van der Waals surface area contributed by atoms with Gasteiger partial charge in [0.05, 0.1) is 5.75 Å². The zero-order valence-corrected chi connectivity index (χ0v) is 9.69. The first-order chi connectivity index (χ1) is 6.63. The predicted molar refractivity (Wildman–Crippen MR) is 61.6 cm³/mol. The number of nitrogens with two attached hydrogens (primary N) is 2. The lowest BCUT2D eigenvalue weighted by molar-refractivity contribution is -0.118. The molecule has 0 bridgehead atoms. The van der Waals surface area contributed by atoms with Crippen molar-refractivity contribution in [3.63, 3.8) is 0 Å². The molecule has 0 aliphatic heterocycles. The van der Waals surface area contributed by atoms with Gasteiger partial charge in [0.25, 0.3) is 0 Å². The number of nitrogen functional groups attached to an aromatic ring is 1. The number of thioether (sulfide) groups is 1. The van der Waals surface area contributed by atoms with Crippen LogP contribution in [0.4, 0.5) is 5.69 Å². The van der Waals surface area contributed by atoms with Crippen LogP contribution in [0.1, 0.15) is 0 Å². The Bertz CT molecular complexity index is 345. The minimum atomic E-state index is -0.227. The molecule has 1 amide bonds. The Morgan fingerprint density at radius 2 is 2.29 bits per heavy atom. The van der Waals surface area contributed by atoms with E-state index in [1.807, 2.05) is 12.1 Å². The smallest absolute Gasteiger partial charge is 0.244 e. The average Bonchev–Trinajstić information content (AvgIpc) is 2.19. The predicted octanol–water partition coefficient (Wildman–Crippen LogP) is 1.11. The third-order valence-electron chi connectivity index (χ3n) is 1.50. The SMILES string of the molecule is NNC(=O)CSc1cc(Br)ccc1N. The summed E-state index contributed by atoms with van der Waals surface area (Å²) in [5.74, 6) is 4.98. The van der Waals surface area contributed by atoms with E-state index in [0.29, 0.717) is 5.69 Å². The Kier molecular flexibility index (Phi) is 4.24. The molecule has 0 radical (unpaired) electrons. The number of halogens is 1. The normalized spacial score (nSPS) is 9.86. The Hall–Kier alpha value is -0.720. The second-order valence-electron chi connectivity index (χ2n) is 2.54. The molecule has 76 valence electrons. The lowest BCUT2D eigenvalue weighted by atomic mass is 10.3. The van der Waals surface area contributed by atoms with Crippen molar-refractivity contribution in [3.8, 4) is 0 Å². The van der Waals surface area contributed by atoms with Crippen molar-refractivity contribution in [2.75, 3.05) is 11.5 Å². The van der Waals surface area contributed by atoms with Crippen LogP contribution in [0.2, 0.25) is 0 Å². The molecule has 0 unspecified atom stereocenters. The third kappa shape index (κ3) is 3.21. The fraction of sp³-hybridized carbons (Fsp3) is 0.125. The number of hydrazine groups is 1. The van der Waals surface area contributed by atoms with Crippen molar-refractivity contribution in [1.82, 2.24) is 5.43 Å². The zero-order chi connectivity index (χ0) is 10.6. The van der Waals surface area contributed by atoms with Crippen LogP contribution >= 0.6 is 27.7 Å². The topological polar surface area (TPSA) is 81.1 Å². The van der Waals surface area contributed by atoms with E-state index < -0.39 is 0 Å². The van der Waals surface area contributed by atoms with Gasteiger partial charge in [-0.15, -0.1) is 11.8 Å². The van der Waals surface area contributed by atoms with Crippen LogP contribution < -0.4 is 17.0 Å². The second-order valence-corrected chi connectivity index (χ2v) is 4.47. The van der Waals surface area contributed by atoms with Crippen LogP contribution in [0, 0.1) is 0 Å². The molecular formula is C8H10BrN3OS. The minimum Gasteiger partial charge on any atom is -0.398 e. The van der Waals surface area contributed by atoms with Gasteiger partial charge < -0.3 is 5.73 Å². The minimum absolute atomic E-state index is 0.227. The van der Waals surface area contributed by atoms with Gasteiger partial charge in [0.1, 0.15) is 0 Å². The molecule has 1 rings (SSSR count). The maximum Gasteiger partial charge on any atom is 0.244 e. The van der Waals surface area contributed by atoms with Gasteiger partial charge in [0, 0.05) is 15.1 Å². The Morgan fingerprint density at radius 1 is 1.57 bits per heavy atom. The van der Waals surface area contributed by atoms with Gasteiger partial charge in [-0.25, -0.2) is 5.84 Å². The lowest BCUT2D eigenvalue weighted by Gasteiger charge is -2.04. The number of rotatable bonds is 3. The molecule has 0 aromatic heterocycles. The van der Waals surface area contributed by atoms with E-state index in [4.69, 9.17) is 11.6 Å². The summed E-state index contributed by atoms with van der Waals surface area (Å²) < 4.78 is 0.933. The van der Waals surface area contributed by atoms with E-state index >= 15 is 0 Å². The van der Waals surface area contributed by atoms with Crippen LogP contribution in [0.15, 0.2) is 27.6 Å². The number of hydrogen-bond donors (Lipinski definition) is 3. The molecule has 0 aliphatic rings. The largest absolute Gasteiger partial charge is 0.398 e. The van der Waals surface area contributed by atoms with Crippen molar-refractivity contribution in [2.45, 2.75) is 4.90 Å². The molecule has 0 aliphatic carbocycles. The van der Waals surface area contributed by atoms with Gasteiger partial charge in [-0.2, -0.15) is 0 Å². The van der Waals surface area contributed by atoms with Crippen LogP contribution in [0.5, 0.6) is 0 Å². The summed E-state index contributed by atoms with van der Waals surface area (Å²) in [7, 11) is 0. The van der Waals surface area contributed by atoms with Gasteiger partial charge in [-0.05, 0) is 18.2 Å². The fourth-order valence-electron chi connectivity index (χ4n) is 0.818. The van der Waals surface area contributed by atoms with Crippen LogP contribution in [0.3, 0.4) is 0 Å². The highest BCUT2D eigenvalue weighted by molar-refractivity contribution is 9.10. The summed E-state index contributed by atoms with van der Waals surface area (Å²) in [5.41, 5.74) is 8.43. The monoisotopic (exact) mass is 275 g/mol. The molecule has 0 atom stereocenters. The van der Waals surface area contributed by atoms with Gasteiger partial charge in [0.2, 0.25) is 5.91 Å². The highest BCUT2D eigenvalue weighted by atomic mass is 79.9. The first-order valence-corrected chi connectivity index (χ1v) is 5.58. The second kappa shape index (κ2) is 5.23. The van der Waals surface area contributed by atoms with Gasteiger partial charge in [-0.1, -0.05) is 15.9 Å². The van der Waals surface area contributed by atoms with E-state index in [-0.39, 0.29) is 11.7 Å². The Balaban J connectivity index is 2.66. The van der Waals surface area contributed by atoms with Gasteiger partial charge in [-0.3, -0.25) is 10.2 Å². The summed E-state index contributed by atoms with van der Waals surface area (Å²) in [5, 5.41) is 0. The summed E-state index contributed by atoms with van der Waals surface area (Å²) in [4.78, 5) is 11.7. The van der Waals surface area contributed by atoms with Gasteiger partial charge in [0.15, 0.2) is 0 Å². The maximum atomic E-state index is 10.9. The molecule has 0 saturated carbocycles. The summed E-state index contributed by atoms with van der Waals surface area (Å²) in [6.07, 6.45) is 0. The van der Waals surface area contributed by atoms with Crippen LogP contribution in [-0.2, 0) is 4.79 Å². The van der Waals surface area contributed by atoms with Crippen molar-refractivity contribution < 1.29 is 4.79 Å². The summed E-state index contributed by atoms with van der Waals surface area (Å²) in [6, 6.07) is 5.50. The maximum absolute atomic E-state index is 10.9. The molecular weight excluding hydrogens is 266 g/mol. The molecule has 1 aromatic rings. The van der Waals surface area contributed by atoms with E-state index in [1.54, 1.807) is 6.07 Å². The standard InChI is InChI=1S/C8H10BrN3OS/c9-5-1-2-6(10)7(3-5)14-4-8(13)12-11/h1-3H,4,10-11H2,(H,12,13). The molecule has 0 saturated heterocycles. The zero-order valence-electron chi connectivity index (χ0n) is 7.29. The number of anilines is 1. The lowest BCUT2D eigenvalue weighted by Crippen LogP contribution is -2.31. The number of nitrogens with one attached hydrogen (secondary N) is 1. The average molecular weight is 276 g/mol. The number of carbonyl (C=O) groups excluding carboxylic acids is 1. The molecule has 0 spiro atoms. The molecule has 5 N–H and O–H groups in total. The number of amides is 1. The molecule has 14 heavy (non-hydrogen) atoms. The molecule has 1 aromatic carbocycles. The highest BCUT2D eigenvalue weighted by Gasteiger charge is 2.04. The molecule has 0 fully saturated rings. The van der Waals surface area contributed by atoms with E-state index in [9.17, 15) is 4.79 Å². The van der Waals surface area contributed by atoms with Crippen LogP contribution in [0.25, 0.3) is 0 Å². The first-order valence-electron chi connectivity index (χ1n) is 3.80. The number of carbonyl (C=O) groups is 1. The molecule has 6 heteroatoms. The Morgan fingerprint density at radius 3 is 2.93 bits per heavy atom. The summed E-state index contributed by atoms with van der Waals surface area (Å²) >= 11 is 4.67. The number of benzene rings is 1. The van der Waals surface area contributed by atoms with E-state index in [2.05, 4.69) is 21.4 Å². The molecule has 4 nitrogen and oxygen atoms in total. The van der Waals surface area contributed by atoms with Gasteiger partial charge >= 0.3 is 0 Å². The van der Waals surface area contributed by atoms with Crippen molar-refractivity contribution in [2.24, 2.45) is 5.84 Å². The van der Waals surface area contributed by atoms with Crippen LogP contribution in [-0.4, -0.2) is 11.7 Å². The van der Waals surface area contributed by atoms with E-state index in [1.165, 1.54) is 11.8 Å². The summed E-state index contributed by atoms with van der Waals surface area (Å²) in [6.45, 7) is 0. The van der Waals surface area contributed by atoms with Crippen molar-refractivity contribution in [3.05, 3.63) is 22.7 Å². The van der Waals surface area contributed by atoms with E-state index in [0.717, 1.165) is 9.37 Å². The quantitative estimate of drug-likeness (QED) is 0.254. The molecule has 0 heterocycles. The number of hydrogen-bond acceptors (Lipinski definition) is 4. The Labute approximate surface area is 94.5 Å². The third-order valence-corrected chi connectivity index (χ3v) is 3.06. The highest BCUT2D eigenvalue weighted by Crippen LogP contribution is 2.27.